The number of amides is 1. The molecule has 3 unspecified atom stereocenters. The lowest BCUT2D eigenvalue weighted by atomic mass is 9.78. The summed E-state index contributed by atoms with van der Waals surface area (Å²) in [6, 6.07) is 7.52. The van der Waals surface area contributed by atoms with Gasteiger partial charge in [0.15, 0.2) is 6.61 Å². The maximum Gasteiger partial charge on any atom is 0.375 e. The van der Waals surface area contributed by atoms with Crippen molar-refractivity contribution in [2.75, 3.05) is 13.2 Å². The lowest BCUT2D eigenvalue weighted by molar-refractivity contribution is -0.125. The molecule has 6 nitrogen and oxygen atoms in total. The van der Waals surface area contributed by atoms with Gasteiger partial charge < -0.3 is 19.2 Å². The Hall–Kier alpha value is -2.34. The van der Waals surface area contributed by atoms with Crippen LogP contribution in [0.15, 0.2) is 28.7 Å². The van der Waals surface area contributed by atoms with Crippen molar-refractivity contribution >= 4 is 22.8 Å². The third kappa shape index (κ3) is 4.55. The van der Waals surface area contributed by atoms with Crippen LogP contribution in [0.5, 0.6) is 0 Å². The molecule has 6 heteroatoms. The Morgan fingerprint density at radius 3 is 2.79 bits per heavy atom. The van der Waals surface area contributed by atoms with Gasteiger partial charge in [0, 0.05) is 23.6 Å². The molecule has 1 aromatic heterocycles. The molecule has 1 heterocycles. The summed E-state index contributed by atoms with van der Waals surface area (Å²) in [5.41, 5.74) is 1.25. The van der Waals surface area contributed by atoms with E-state index < -0.39 is 5.97 Å². The molecule has 1 fully saturated rings. The Labute approximate surface area is 165 Å². The van der Waals surface area contributed by atoms with Crippen LogP contribution in [-0.2, 0) is 20.9 Å². The van der Waals surface area contributed by atoms with Gasteiger partial charge in [0.2, 0.25) is 5.76 Å². The fourth-order valence-electron chi connectivity index (χ4n) is 3.84. The first kappa shape index (κ1) is 20.4. The van der Waals surface area contributed by atoms with E-state index in [9.17, 15) is 9.59 Å². The summed E-state index contributed by atoms with van der Waals surface area (Å²) in [7, 11) is 0. The molecule has 1 aliphatic rings. The van der Waals surface area contributed by atoms with E-state index in [2.05, 4.69) is 19.2 Å². The number of furan rings is 1. The molecule has 2 aromatic rings. The number of fused-ring (bicyclic) bond motifs is 1. The summed E-state index contributed by atoms with van der Waals surface area (Å²) in [6.45, 7) is 6.72. The van der Waals surface area contributed by atoms with Crippen LogP contribution >= 0.6 is 0 Å². The number of benzene rings is 1. The fraction of sp³-hybridized carbons (Fsp3) is 0.545. The maximum absolute atomic E-state index is 12.6. The van der Waals surface area contributed by atoms with Gasteiger partial charge in [-0.15, -0.1) is 0 Å². The van der Waals surface area contributed by atoms with Crippen LogP contribution < -0.4 is 5.32 Å². The lowest BCUT2D eigenvalue weighted by Gasteiger charge is -2.34. The van der Waals surface area contributed by atoms with Gasteiger partial charge in [-0.3, -0.25) is 4.79 Å². The second kappa shape index (κ2) is 9.24. The van der Waals surface area contributed by atoms with Crippen molar-refractivity contribution in [2.45, 2.75) is 52.7 Å². The summed E-state index contributed by atoms with van der Waals surface area (Å²) in [4.78, 5) is 24.8. The average Bonchev–Trinajstić information content (AvgIpc) is 3.06. The predicted octanol–water partition coefficient (Wildman–Crippen LogP) is 4.07. The normalized spacial score (nSPS) is 22.2. The van der Waals surface area contributed by atoms with E-state index >= 15 is 0 Å². The molecule has 152 valence electrons. The van der Waals surface area contributed by atoms with Gasteiger partial charge in [-0.05, 0) is 31.2 Å². The van der Waals surface area contributed by atoms with Crippen molar-refractivity contribution < 1.29 is 23.5 Å². The standard InChI is InChI=1S/C22H29NO5/c1-4-26-12-17-16-9-5-6-11-19(16)28-21(17)22(25)27-13-20(24)23-18-10-7-8-14(2)15(18)3/h5-6,9,11,14-15,18H,4,7-8,10,12-13H2,1-3H3,(H,23,24). The number of nitrogens with one attached hydrogen (secondary N) is 1. The summed E-state index contributed by atoms with van der Waals surface area (Å²) in [5, 5.41) is 3.83. The van der Waals surface area contributed by atoms with E-state index in [-0.39, 0.29) is 30.9 Å². The largest absolute Gasteiger partial charge is 0.450 e. The van der Waals surface area contributed by atoms with Crippen LogP contribution in [0.25, 0.3) is 11.0 Å². The molecule has 1 saturated carbocycles. The smallest absolute Gasteiger partial charge is 0.375 e. The van der Waals surface area contributed by atoms with Crippen LogP contribution in [0.2, 0.25) is 0 Å². The van der Waals surface area contributed by atoms with E-state index in [1.807, 2.05) is 25.1 Å². The molecule has 3 rings (SSSR count). The third-order valence-electron chi connectivity index (χ3n) is 5.72. The Kier molecular flexibility index (Phi) is 6.73. The number of esters is 1. The molecule has 28 heavy (non-hydrogen) atoms. The van der Waals surface area contributed by atoms with Gasteiger partial charge in [0.05, 0.1) is 6.61 Å². The molecule has 1 aliphatic carbocycles. The molecule has 3 atom stereocenters. The van der Waals surface area contributed by atoms with Crippen molar-refractivity contribution in [3.63, 3.8) is 0 Å². The van der Waals surface area contributed by atoms with Crippen molar-refractivity contribution in [1.29, 1.82) is 0 Å². The molecular weight excluding hydrogens is 358 g/mol. The summed E-state index contributed by atoms with van der Waals surface area (Å²) >= 11 is 0. The Morgan fingerprint density at radius 2 is 2.00 bits per heavy atom. The van der Waals surface area contributed by atoms with Gasteiger partial charge in [-0.2, -0.15) is 0 Å². The highest BCUT2D eigenvalue weighted by molar-refractivity contribution is 5.96. The second-order valence-electron chi connectivity index (χ2n) is 7.56. The number of carbonyl (C=O) groups is 2. The lowest BCUT2D eigenvalue weighted by Crippen LogP contribution is -2.45. The van der Waals surface area contributed by atoms with Crippen LogP contribution in [0, 0.1) is 11.8 Å². The molecule has 1 aromatic carbocycles. The highest BCUT2D eigenvalue weighted by Crippen LogP contribution is 2.30. The molecule has 0 spiro atoms. The first-order valence-corrected chi connectivity index (χ1v) is 10.1. The minimum absolute atomic E-state index is 0.0992. The number of carbonyl (C=O) groups excluding carboxylic acids is 2. The molecule has 0 aliphatic heterocycles. The molecule has 1 N–H and O–H groups in total. The Balaban J connectivity index is 1.63. The molecular formula is C22H29NO5. The first-order valence-electron chi connectivity index (χ1n) is 10.1. The highest BCUT2D eigenvalue weighted by atomic mass is 16.5. The van der Waals surface area contributed by atoms with E-state index in [1.54, 1.807) is 6.07 Å². The molecule has 1 amide bonds. The zero-order valence-electron chi connectivity index (χ0n) is 16.8. The average molecular weight is 387 g/mol. The SMILES string of the molecule is CCOCc1c(C(=O)OCC(=O)NC2CCCC(C)C2C)oc2ccccc12. The third-order valence-corrected chi connectivity index (χ3v) is 5.72. The summed E-state index contributed by atoms with van der Waals surface area (Å²) in [6.07, 6.45) is 3.26. The molecule has 0 saturated heterocycles. The van der Waals surface area contributed by atoms with E-state index in [0.717, 1.165) is 18.2 Å². The van der Waals surface area contributed by atoms with Crippen molar-refractivity contribution in [2.24, 2.45) is 11.8 Å². The van der Waals surface area contributed by atoms with Crippen LogP contribution in [0.3, 0.4) is 0 Å². The summed E-state index contributed by atoms with van der Waals surface area (Å²) < 4.78 is 16.4. The summed E-state index contributed by atoms with van der Waals surface area (Å²) in [5.74, 6) is 0.176. The highest BCUT2D eigenvalue weighted by Gasteiger charge is 2.29. The van der Waals surface area contributed by atoms with Gasteiger partial charge in [-0.1, -0.05) is 44.9 Å². The zero-order valence-corrected chi connectivity index (χ0v) is 16.8. The molecule has 0 radical (unpaired) electrons. The number of para-hydroxylation sites is 1. The first-order chi connectivity index (χ1) is 13.5. The van der Waals surface area contributed by atoms with Crippen molar-refractivity contribution in [3.8, 4) is 0 Å². The van der Waals surface area contributed by atoms with Crippen molar-refractivity contribution in [1.82, 2.24) is 5.32 Å². The second-order valence-corrected chi connectivity index (χ2v) is 7.56. The van der Waals surface area contributed by atoms with E-state index in [4.69, 9.17) is 13.9 Å². The van der Waals surface area contributed by atoms with Crippen molar-refractivity contribution in [3.05, 3.63) is 35.6 Å². The topological polar surface area (TPSA) is 77.8 Å². The minimum Gasteiger partial charge on any atom is -0.450 e. The zero-order chi connectivity index (χ0) is 20.1. The Morgan fingerprint density at radius 1 is 1.21 bits per heavy atom. The minimum atomic E-state index is -0.647. The number of rotatable bonds is 7. The fourth-order valence-corrected chi connectivity index (χ4v) is 3.84. The van der Waals surface area contributed by atoms with Crippen LogP contribution in [0.4, 0.5) is 0 Å². The Bertz CT molecular complexity index is 827. The molecule has 0 bridgehead atoms. The maximum atomic E-state index is 12.6. The number of ether oxygens (including phenoxy) is 2. The quantitative estimate of drug-likeness (QED) is 0.725. The van der Waals surface area contributed by atoms with Crippen LogP contribution in [-0.4, -0.2) is 31.1 Å². The number of hydrogen-bond acceptors (Lipinski definition) is 5. The predicted molar refractivity (Wildman–Crippen MR) is 106 cm³/mol. The van der Waals surface area contributed by atoms with Gasteiger partial charge in [-0.25, -0.2) is 4.79 Å². The van der Waals surface area contributed by atoms with Gasteiger partial charge in [0.25, 0.3) is 5.91 Å². The monoisotopic (exact) mass is 387 g/mol. The van der Waals surface area contributed by atoms with E-state index in [0.29, 0.717) is 29.6 Å². The van der Waals surface area contributed by atoms with Gasteiger partial charge >= 0.3 is 5.97 Å². The number of hydrogen-bond donors (Lipinski definition) is 1. The van der Waals surface area contributed by atoms with Crippen LogP contribution in [0.1, 0.15) is 56.2 Å². The van der Waals surface area contributed by atoms with E-state index in [1.165, 1.54) is 6.42 Å². The van der Waals surface area contributed by atoms with Gasteiger partial charge in [0.1, 0.15) is 5.58 Å².